The van der Waals surface area contributed by atoms with Crippen molar-refractivity contribution in [1.29, 1.82) is 0 Å². The molecule has 0 atom stereocenters. The number of nitrogens with zero attached hydrogens (tertiary/aromatic N) is 1. The van der Waals surface area contributed by atoms with Crippen molar-refractivity contribution in [1.82, 2.24) is 4.98 Å². The molecular formula is C13H14N2O2S. The van der Waals surface area contributed by atoms with Crippen LogP contribution >= 0.6 is 11.3 Å². The van der Waals surface area contributed by atoms with Gasteiger partial charge in [-0.05, 0) is 19.1 Å². The Labute approximate surface area is 110 Å². The summed E-state index contributed by atoms with van der Waals surface area (Å²) in [4.78, 5) is 4.41. The Morgan fingerprint density at radius 3 is 2.89 bits per heavy atom. The number of nitrogens with one attached hydrogen (secondary N) is 1. The van der Waals surface area contributed by atoms with Gasteiger partial charge in [0.25, 0.3) is 0 Å². The predicted octanol–water partition coefficient (Wildman–Crippen LogP) is 2.83. The van der Waals surface area contributed by atoms with E-state index in [9.17, 15) is 0 Å². The summed E-state index contributed by atoms with van der Waals surface area (Å²) in [5, 5.41) is 6.49. The van der Waals surface area contributed by atoms with Crippen LogP contribution in [-0.4, -0.2) is 18.2 Å². The maximum Gasteiger partial charge on any atom is 0.163 e. The van der Waals surface area contributed by atoms with Gasteiger partial charge in [0.2, 0.25) is 0 Å². The second-order valence-corrected chi connectivity index (χ2v) is 5.13. The fourth-order valence-corrected chi connectivity index (χ4v) is 2.45. The third-order valence-electron chi connectivity index (χ3n) is 2.68. The molecule has 0 amide bonds. The molecule has 18 heavy (non-hydrogen) atoms. The topological polar surface area (TPSA) is 43.4 Å². The van der Waals surface area contributed by atoms with Crippen molar-refractivity contribution in [2.45, 2.75) is 13.5 Å². The smallest absolute Gasteiger partial charge is 0.163 e. The summed E-state index contributed by atoms with van der Waals surface area (Å²) in [6, 6.07) is 5.89. The summed E-state index contributed by atoms with van der Waals surface area (Å²) < 4.78 is 11.0. The predicted molar refractivity (Wildman–Crippen MR) is 71.6 cm³/mol. The molecule has 1 aliphatic heterocycles. The minimum atomic E-state index is 0.613. The molecule has 0 radical (unpaired) electrons. The molecule has 2 heterocycles. The zero-order chi connectivity index (χ0) is 12.4. The van der Waals surface area contributed by atoms with Gasteiger partial charge in [-0.2, -0.15) is 0 Å². The maximum atomic E-state index is 5.54. The monoisotopic (exact) mass is 262 g/mol. The Morgan fingerprint density at radius 1 is 1.28 bits per heavy atom. The van der Waals surface area contributed by atoms with Crippen LogP contribution in [0.1, 0.15) is 10.7 Å². The number of benzene rings is 1. The van der Waals surface area contributed by atoms with Crippen LogP contribution in [0.4, 0.5) is 5.69 Å². The molecule has 1 aliphatic rings. The van der Waals surface area contributed by atoms with Gasteiger partial charge in [-0.25, -0.2) is 4.98 Å². The Bertz CT molecular complexity index is 554. The van der Waals surface area contributed by atoms with E-state index in [2.05, 4.69) is 15.7 Å². The summed E-state index contributed by atoms with van der Waals surface area (Å²) in [6.07, 6.45) is 0. The number of hydrogen-bond donors (Lipinski definition) is 1. The van der Waals surface area contributed by atoms with Crippen molar-refractivity contribution in [2.75, 3.05) is 18.5 Å². The van der Waals surface area contributed by atoms with Crippen LogP contribution in [-0.2, 0) is 6.54 Å². The van der Waals surface area contributed by atoms with Crippen molar-refractivity contribution in [3.63, 3.8) is 0 Å². The Kier molecular flexibility index (Phi) is 3.06. The Balaban J connectivity index is 1.69. The van der Waals surface area contributed by atoms with E-state index in [0.717, 1.165) is 34.4 Å². The van der Waals surface area contributed by atoms with E-state index >= 15 is 0 Å². The van der Waals surface area contributed by atoms with Crippen molar-refractivity contribution < 1.29 is 9.47 Å². The van der Waals surface area contributed by atoms with Crippen LogP contribution < -0.4 is 14.8 Å². The van der Waals surface area contributed by atoms with Crippen LogP contribution in [0.3, 0.4) is 0 Å². The summed E-state index contributed by atoms with van der Waals surface area (Å²) in [7, 11) is 0. The highest BCUT2D eigenvalue weighted by atomic mass is 32.1. The highest BCUT2D eigenvalue weighted by Crippen LogP contribution is 2.32. The molecule has 94 valence electrons. The minimum absolute atomic E-state index is 0.613. The molecule has 0 fully saturated rings. The van der Waals surface area contributed by atoms with Gasteiger partial charge in [0, 0.05) is 17.1 Å². The second-order valence-electron chi connectivity index (χ2n) is 4.07. The minimum Gasteiger partial charge on any atom is -0.486 e. The number of hydrogen-bond acceptors (Lipinski definition) is 5. The van der Waals surface area contributed by atoms with Crippen LogP contribution in [0.25, 0.3) is 0 Å². The van der Waals surface area contributed by atoms with Gasteiger partial charge in [0.05, 0.1) is 17.2 Å². The number of fused-ring (bicyclic) bond motifs is 1. The third-order valence-corrected chi connectivity index (χ3v) is 3.50. The number of aromatic nitrogens is 1. The first-order valence-electron chi connectivity index (χ1n) is 5.86. The van der Waals surface area contributed by atoms with Gasteiger partial charge in [-0.3, -0.25) is 0 Å². The molecule has 2 aromatic rings. The standard InChI is InChI=1S/C13H14N2O2S/c1-9-15-11(8-18-9)7-14-10-2-3-12-13(6-10)17-5-4-16-12/h2-3,6,8,14H,4-5,7H2,1H3. The summed E-state index contributed by atoms with van der Waals surface area (Å²) in [6.45, 7) is 3.97. The maximum absolute atomic E-state index is 5.54. The lowest BCUT2D eigenvalue weighted by Gasteiger charge is -2.19. The molecule has 0 aliphatic carbocycles. The SMILES string of the molecule is Cc1nc(CNc2ccc3c(c2)OCCO3)cs1. The fraction of sp³-hybridized carbons (Fsp3) is 0.308. The van der Waals surface area contributed by atoms with Crippen LogP contribution in [0.5, 0.6) is 11.5 Å². The van der Waals surface area contributed by atoms with Crippen LogP contribution in [0.2, 0.25) is 0 Å². The van der Waals surface area contributed by atoms with Crippen LogP contribution in [0, 0.1) is 6.92 Å². The molecule has 5 heteroatoms. The number of anilines is 1. The van der Waals surface area contributed by atoms with Gasteiger partial charge >= 0.3 is 0 Å². The van der Waals surface area contributed by atoms with Crippen LogP contribution in [0.15, 0.2) is 23.6 Å². The molecule has 1 N–H and O–H groups in total. The first kappa shape index (κ1) is 11.3. The quantitative estimate of drug-likeness (QED) is 0.923. The molecule has 1 aromatic carbocycles. The van der Waals surface area contributed by atoms with Gasteiger partial charge in [-0.15, -0.1) is 11.3 Å². The van der Waals surface area contributed by atoms with E-state index in [0.29, 0.717) is 13.2 Å². The lowest BCUT2D eigenvalue weighted by Crippen LogP contribution is -2.15. The lowest BCUT2D eigenvalue weighted by atomic mass is 10.2. The van der Waals surface area contributed by atoms with E-state index in [1.165, 1.54) is 0 Å². The van der Waals surface area contributed by atoms with Gasteiger partial charge in [0.1, 0.15) is 13.2 Å². The van der Waals surface area contributed by atoms with Crippen molar-refractivity contribution in [2.24, 2.45) is 0 Å². The largest absolute Gasteiger partial charge is 0.486 e. The van der Waals surface area contributed by atoms with E-state index < -0.39 is 0 Å². The summed E-state index contributed by atoms with van der Waals surface area (Å²) in [5.41, 5.74) is 2.08. The van der Waals surface area contributed by atoms with Gasteiger partial charge in [0.15, 0.2) is 11.5 Å². The highest BCUT2D eigenvalue weighted by Gasteiger charge is 2.11. The van der Waals surface area contributed by atoms with Gasteiger partial charge in [-0.1, -0.05) is 0 Å². The number of ether oxygens (including phenoxy) is 2. The molecule has 0 spiro atoms. The molecule has 0 bridgehead atoms. The number of rotatable bonds is 3. The second kappa shape index (κ2) is 4.86. The summed E-state index contributed by atoms with van der Waals surface area (Å²) in [5.74, 6) is 1.62. The first-order chi connectivity index (χ1) is 8.81. The van der Waals surface area contributed by atoms with E-state index in [1.807, 2.05) is 25.1 Å². The van der Waals surface area contributed by atoms with Crippen molar-refractivity contribution >= 4 is 17.0 Å². The highest BCUT2D eigenvalue weighted by molar-refractivity contribution is 7.09. The number of aryl methyl sites for hydroxylation is 1. The number of thiazole rings is 1. The zero-order valence-electron chi connectivity index (χ0n) is 10.1. The summed E-state index contributed by atoms with van der Waals surface area (Å²) >= 11 is 1.67. The average Bonchev–Trinajstić information content (AvgIpc) is 2.82. The van der Waals surface area contributed by atoms with Crippen molar-refractivity contribution in [3.05, 3.63) is 34.3 Å². The average molecular weight is 262 g/mol. The molecule has 3 rings (SSSR count). The molecule has 0 saturated carbocycles. The Hall–Kier alpha value is -1.75. The molecule has 1 aromatic heterocycles. The zero-order valence-corrected chi connectivity index (χ0v) is 10.9. The molecule has 0 unspecified atom stereocenters. The van der Waals surface area contributed by atoms with E-state index in [4.69, 9.17) is 9.47 Å². The lowest BCUT2D eigenvalue weighted by molar-refractivity contribution is 0.171. The van der Waals surface area contributed by atoms with Crippen molar-refractivity contribution in [3.8, 4) is 11.5 Å². The molecule has 0 saturated heterocycles. The third kappa shape index (κ3) is 2.41. The normalized spacial score (nSPS) is 13.4. The van der Waals surface area contributed by atoms with E-state index in [1.54, 1.807) is 11.3 Å². The molecular weight excluding hydrogens is 248 g/mol. The van der Waals surface area contributed by atoms with E-state index in [-0.39, 0.29) is 0 Å². The first-order valence-corrected chi connectivity index (χ1v) is 6.74. The Morgan fingerprint density at radius 2 is 2.11 bits per heavy atom. The van der Waals surface area contributed by atoms with Gasteiger partial charge < -0.3 is 14.8 Å². The molecule has 4 nitrogen and oxygen atoms in total. The fourth-order valence-electron chi connectivity index (χ4n) is 1.84.